The summed E-state index contributed by atoms with van der Waals surface area (Å²) in [7, 11) is 0. The molecule has 0 bridgehead atoms. The molecule has 1 aliphatic carbocycles. The van der Waals surface area contributed by atoms with E-state index in [1.165, 1.54) is 16.8 Å². The molecule has 3 aromatic rings. The van der Waals surface area contributed by atoms with Gasteiger partial charge in [-0.25, -0.2) is 18.3 Å². The van der Waals surface area contributed by atoms with E-state index in [0.29, 0.717) is 17.7 Å². The number of imidazole rings is 1. The van der Waals surface area contributed by atoms with Crippen LogP contribution in [0.1, 0.15) is 84.9 Å². The Balaban J connectivity index is 1.57. The molecule has 1 saturated carbocycles. The molecule has 1 fully saturated rings. The number of alkyl halides is 5. The minimum atomic E-state index is -4.51. The van der Waals surface area contributed by atoms with Gasteiger partial charge in [0.05, 0.1) is 30.6 Å². The summed E-state index contributed by atoms with van der Waals surface area (Å²) in [6.07, 6.45) is -5.19. The van der Waals surface area contributed by atoms with Crippen LogP contribution in [0.3, 0.4) is 0 Å². The molecule has 2 heterocycles. The van der Waals surface area contributed by atoms with Crippen LogP contribution < -0.4 is 10.6 Å². The van der Waals surface area contributed by atoms with Crippen LogP contribution in [0.2, 0.25) is 0 Å². The van der Waals surface area contributed by atoms with Crippen molar-refractivity contribution in [3.8, 4) is 0 Å². The molecule has 216 valence electrons. The number of hydrogen-bond donors (Lipinski definition) is 3. The van der Waals surface area contributed by atoms with Gasteiger partial charge in [0.15, 0.2) is 11.9 Å². The first kappa shape index (κ1) is 29.4. The molecule has 1 aliphatic rings. The van der Waals surface area contributed by atoms with Gasteiger partial charge in [-0.3, -0.25) is 9.59 Å². The van der Waals surface area contributed by atoms with Crippen molar-refractivity contribution in [2.75, 3.05) is 0 Å². The summed E-state index contributed by atoms with van der Waals surface area (Å²) in [5.41, 5.74) is 2.00. The Kier molecular flexibility index (Phi) is 8.71. The van der Waals surface area contributed by atoms with Gasteiger partial charge in [0.1, 0.15) is 0 Å². The SMILES string of the molecule is CCc1ccccc1C(=O)N[C@H](c1cn2ncc([C@@H](O)NC(=O)CCC(F)(F)F)cc2n1)C1CCC(F)(F)CC1. The van der Waals surface area contributed by atoms with Crippen LogP contribution in [0, 0.1) is 5.92 Å². The number of carbonyl (C=O) groups excluding carboxylic acids is 2. The van der Waals surface area contributed by atoms with Crippen LogP contribution in [-0.4, -0.2) is 43.6 Å². The number of amides is 2. The number of carbonyl (C=O) groups is 2. The zero-order chi connectivity index (χ0) is 29.1. The van der Waals surface area contributed by atoms with Gasteiger partial charge in [0.25, 0.3) is 5.91 Å². The second-order valence-electron chi connectivity index (χ2n) is 10.00. The molecule has 8 nitrogen and oxygen atoms in total. The highest BCUT2D eigenvalue weighted by Gasteiger charge is 2.39. The lowest BCUT2D eigenvalue weighted by atomic mass is 9.81. The monoisotopic (exact) mass is 567 g/mol. The number of aliphatic hydroxyl groups excluding tert-OH is 1. The Morgan fingerprint density at radius 3 is 2.55 bits per heavy atom. The van der Waals surface area contributed by atoms with E-state index < -0.39 is 43.1 Å². The average molecular weight is 568 g/mol. The minimum absolute atomic E-state index is 0.0831. The van der Waals surface area contributed by atoms with Crippen LogP contribution in [0.25, 0.3) is 5.65 Å². The quantitative estimate of drug-likeness (QED) is 0.248. The summed E-state index contributed by atoms with van der Waals surface area (Å²) < 4.78 is 66.4. The van der Waals surface area contributed by atoms with Crippen molar-refractivity contribution in [3.05, 3.63) is 65.1 Å². The van der Waals surface area contributed by atoms with Crippen LogP contribution in [0.4, 0.5) is 22.0 Å². The Morgan fingerprint density at radius 1 is 1.18 bits per heavy atom. The maximum atomic E-state index is 13.9. The summed E-state index contributed by atoms with van der Waals surface area (Å²) in [4.78, 5) is 29.6. The fourth-order valence-corrected chi connectivity index (χ4v) is 4.87. The first-order valence-electron chi connectivity index (χ1n) is 13.0. The lowest BCUT2D eigenvalue weighted by Gasteiger charge is -2.33. The number of nitrogens with zero attached hydrogens (tertiary/aromatic N) is 3. The molecule has 2 aromatic heterocycles. The molecule has 0 spiro atoms. The second-order valence-corrected chi connectivity index (χ2v) is 10.00. The summed E-state index contributed by atoms with van der Waals surface area (Å²) in [6.45, 7) is 1.92. The highest BCUT2D eigenvalue weighted by molar-refractivity contribution is 5.96. The predicted octanol–water partition coefficient (Wildman–Crippen LogP) is 5.04. The van der Waals surface area contributed by atoms with Gasteiger partial charge in [0.2, 0.25) is 11.8 Å². The highest BCUT2D eigenvalue weighted by atomic mass is 19.4. The van der Waals surface area contributed by atoms with Gasteiger partial charge in [-0.2, -0.15) is 18.3 Å². The van der Waals surface area contributed by atoms with E-state index in [1.54, 1.807) is 18.3 Å². The van der Waals surface area contributed by atoms with Crippen LogP contribution in [0.15, 0.2) is 42.7 Å². The highest BCUT2D eigenvalue weighted by Crippen LogP contribution is 2.41. The fraction of sp³-hybridized carbons (Fsp3) is 0.481. The number of aromatic nitrogens is 3. The summed E-state index contributed by atoms with van der Waals surface area (Å²) in [5, 5.41) is 19.6. The molecule has 0 radical (unpaired) electrons. The molecular weight excluding hydrogens is 537 g/mol. The Labute approximate surface area is 227 Å². The first-order valence-corrected chi connectivity index (χ1v) is 13.0. The van der Waals surface area contributed by atoms with Gasteiger partial charge in [-0.15, -0.1) is 0 Å². The molecule has 0 saturated heterocycles. The van der Waals surface area contributed by atoms with Crippen LogP contribution in [0.5, 0.6) is 0 Å². The van der Waals surface area contributed by atoms with E-state index in [2.05, 4.69) is 20.7 Å². The van der Waals surface area contributed by atoms with E-state index in [1.807, 2.05) is 19.1 Å². The number of halogens is 5. The van der Waals surface area contributed by atoms with Crippen molar-refractivity contribution in [1.29, 1.82) is 0 Å². The van der Waals surface area contributed by atoms with Crippen molar-refractivity contribution in [1.82, 2.24) is 25.2 Å². The number of rotatable bonds is 9. The molecule has 2 amide bonds. The van der Waals surface area contributed by atoms with Crippen molar-refractivity contribution >= 4 is 17.5 Å². The topological polar surface area (TPSA) is 109 Å². The van der Waals surface area contributed by atoms with Crippen LogP contribution in [-0.2, 0) is 11.2 Å². The Morgan fingerprint density at radius 2 is 1.88 bits per heavy atom. The Bertz CT molecular complexity index is 1350. The van der Waals surface area contributed by atoms with E-state index in [0.717, 1.165) is 5.56 Å². The molecule has 40 heavy (non-hydrogen) atoms. The third-order valence-corrected chi connectivity index (χ3v) is 7.09. The van der Waals surface area contributed by atoms with Crippen molar-refractivity contribution in [2.24, 2.45) is 5.92 Å². The normalized spacial score (nSPS) is 17.4. The molecule has 0 unspecified atom stereocenters. The van der Waals surface area contributed by atoms with Crippen molar-refractivity contribution in [3.63, 3.8) is 0 Å². The average Bonchev–Trinajstić information content (AvgIpc) is 3.33. The van der Waals surface area contributed by atoms with Crippen LogP contribution >= 0.6 is 0 Å². The van der Waals surface area contributed by atoms with Gasteiger partial charge in [0, 0.05) is 30.4 Å². The third kappa shape index (κ3) is 7.32. The molecular formula is C27H30F5N5O3. The first-order chi connectivity index (χ1) is 18.8. The maximum Gasteiger partial charge on any atom is 0.389 e. The largest absolute Gasteiger partial charge is 0.389 e. The predicted molar refractivity (Wildman–Crippen MR) is 134 cm³/mol. The minimum Gasteiger partial charge on any atom is -0.369 e. The maximum absolute atomic E-state index is 13.9. The number of hydrogen-bond acceptors (Lipinski definition) is 5. The molecule has 0 aliphatic heterocycles. The lowest BCUT2D eigenvalue weighted by molar-refractivity contribution is -0.145. The number of benzene rings is 1. The van der Waals surface area contributed by atoms with Gasteiger partial charge in [-0.05, 0) is 42.9 Å². The van der Waals surface area contributed by atoms with Gasteiger partial charge >= 0.3 is 6.18 Å². The summed E-state index contributed by atoms with van der Waals surface area (Å²) in [6, 6.07) is 7.80. The second kappa shape index (κ2) is 11.9. The van der Waals surface area contributed by atoms with E-state index >= 15 is 0 Å². The lowest BCUT2D eigenvalue weighted by Crippen LogP contribution is -2.37. The molecule has 3 N–H and O–H groups in total. The van der Waals surface area contributed by atoms with E-state index in [-0.39, 0.29) is 48.7 Å². The van der Waals surface area contributed by atoms with Crippen molar-refractivity contribution < 1.29 is 36.6 Å². The van der Waals surface area contributed by atoms with E-state index in [4.69, 9.17) is 0 Å². The van der Waals surface area contributed by atoms with Crippen molar-refractivity contribution in [2.45, 2.75) is 76.2 Å². The zero-order valence-electron chi connectivity index (χ0n) is 21.7. The standard InChI is InChI=1S/C27H30F5N5O3/c1-2-16-5-3-4-6-19(16)25(40)36-23(17-7-10-26(28,29)11-8-17)20-15-37-21(34-20)13-18(14-33-37)24(39)35-22(38)9-12-27(30,31)32/h3-6,13-15,17,23-24,39H,2,7-12H2,1H3,(H,35,38)(H,36,40)/t23-,24+/m0/s1. The number of nitrogens with one attached hydrogen (secondary N) is 2. The third-order valence-electron chi connectivity index (χ3n) is 7.09. The van der Waals surface area contributed by atoms with Gasteiger partial charge < -0.3 is 15.7 Å². The van der Waals surface area contributed by atoms with E-state index in [9.17, 15) is 36.6 Å². The zero-order valence-corrected chi connectivity index (χ0v) is 21.7. The molecule has 1 aromatic carbocycles. The Hall–Kier alpha value is -3.61. The van der Waals surface area contributed by atoms with Gasteiger partial charge in [-0.1, -0.05) is 25.1 Å². The number of aliphatic hydroxyl groups is 1. The smallest absolute Gasteiger partial charge is 0.369 e. The summed E-state index contributed by atoms with van der Waals surface area (Å²) >= 11 is 0. The fourth-order valence-electron chi connectivity index (χ4n) is 4.87. The summed E-state index contributed by atoms with van der Waals surface area (Å²) in [5.74, 6) is -4.43. The number of fused-ring (bicyclic) bond motifs is 1. The molecule has 4 rings (SSSR count). The molecule has 13 heteroatoms. The molecule has 2 atom stereocenters. The number of aryl methyl sites for hydroxylation is 1.